The van der Waals surface area contributed by atoms with Crippen LogP contribution in [0.3, 0.4) is 0 Å². The normalized spacial score (nSPS) is 15.7. The maximum atomic E-state index is 5.93. The Morgan fingerprint density at radius 2 is 1.62 bits per heavy atom. The molecule has 1 saturated carbocycles. The average Bonchev–Trinajstić information content (AvgIpc) is 3.31. The third-order valence-corrected chi connectivity index (χ3v) is 4.17. The SMILES string of the molecule is CC(CNC1CC1)Oc1ccc(-c2ccc(Br)cc2)cc1. The number of hydrogen-bond acceptors (Lipinski definition) is 2. The Hall–Kier alpha value is -1.32. The summed E-state index contributed by atoms with van der Waals surface area (Å²) in [5.74, 6) is 0.931. The van der Waals surface area contributed by atoms with Gasteiger partial charge in [0.05, 0.1) is 0 Å². The zero-order valence-electron chi connectivity index (χ0n) is 12.2. The van der Waals surface area contributed by atoms with E-state index in [-0.39, 0.29) is 6.10 Å². The van der Waals surface area contributed by atoms with Gasteiger partial charge >= 0.3 is 0 Å². The molecule has 1 fully saturated rings. The Morgan fingerprint density at radius 3 is 2.19 bits per heavy atom. The lowest BCUT2D eigenvalue weighted by molar-refractivity contribution is 0.216. The van der Waals surface area contributed by atoms with Gasteiger partial charge in [0.1, 0.15) is 11.9 Å². The zero-order chi connectivity index (χ0) is 14.7. The molecule has 1 N–H and O–H groups in total. The fourth-order valence-corrected chi connectivity index (χ4v) is 2.53. The molecule has 3 rings (SSSR count). The lowest BCUT2D eigenvalue weighted by Crippen LogP contribution is -2.30. The van der Waals surface area contributed by atoms with Crippen molar-refractivity contribution in [3.05, 3.63) is 53.0 Å². The highest BCUT2D eigenvalue weighted by Gasteiger charge is 2.21. The Bertz CT molecular complexity index is 575. The van der Waals surface area contributed by atoms with Gasteiger partial charge in [-0.2, -0.15) is 0 Å². The van der Waals surface area contributed by atoms with Gasteiger partial charge < -0.3 is 10.1 Å². The first-order valence-corrected chi connectivity index (χ1v) is 8.26. The van der Waals surface area contributed by atoms with E-state index >= 15 is 0 Å². The second-order valence-electron chi connectivity index (χ2n) is 5.64. The molecule has 0 spiro atoms. The van der Waals surface area contributed by atoms with Crippen LogP contribution < -0.4 is 10.1 Å². The van der Waals surface area contributed by atoms with E-state index in [4.69, 9.17) is 4.74 Å². The number of ether oxygens (including phenoxy) is 1. The summed E-state index contributed by atoms with van der Waals surface area (Å²) < 4.78 is 7.03. The first kappa shape index (κ1) is 14.6. The van der Waals surface area contributed by atoms with Crippen LogP contribution in [-0.4, -0.2) is 18.7 Å². The molecule has 1 atom stereocenters. The number of rotatable bonds is 6. The maximum Gasteiger partial charge on any atom is 0.119 e. The fourth-order valence-electron chi connectivity index (χ4n) is 2.26. The van der Waals surface area contributed by atoms with E-state index in [1.54, 1.807) is 0 Å². The fraction of sp³-hybridized carbons (Fsp3) is 0.333. The van der Waals surface area contributed by atoms with Crippen molar-refractivity contribution in [1.82, 2.24) is 5.32 Å². The summed E-state index contributed by atoms with van der Waals surface area (Å²) >= 11 is 3.46. The summed E-state index contributed by atoms with van der Waals surface area (Å²) in [5, 5.41) is 3.49. The summed E-state index contributed by atoms with van der Waals surface area (Å²) in [6, 6.07) is 17.4. The minimum atomic E-state index is 0.198. The molecule has 1 unspecified atom stereocenters. The minimum absolute atomic E-state index is 0.198. The van der Waals surface area contributed by atoms with Crippen LogP contribution in [0.4, 0.5) is 0 Å². The molecule has 0 bridgehead atoms. The van der Waals surface area contributed by atoms with Gasteiger partial charge in [0.2, 0.25) is 0 Å². The van der Waals surface area contributed by atoms with Crippen LogP contribution in [0.2, 0.25) is 0 Å². The van der Waals surface area contributed by atoms with Gasteiger partial charge in [-0.25, -0.2) is 0 Å². The highest BCUT2D eigenvalue weighted by atomic mass is 79.9. The molecule has 0 saturated heterocycles. The maximum absolute atomic E-state index is 5.93. The molecule has 0 radical (unpaired) electrons. The Balaban J connectivity index is 1.59. The molecule has 3 heteroatoms. The number of halogens is 1. The Morgan fingerprint density at radius 1 is 1.05 bits per heavy atom. The summed E-state index contributed by atoms with van der Waals surface area (Å²) in [4.78, 5) is 0. The van der Waals surface area contributed by atoms with Gasteiger partial charge in [-0.1, -0.05) is 40.2 Å². The number of nitrogens with one attached hydrogen (secondary N) is 1. The van der Waals surface area contributed by atoms with E-state index in [2.05, 4.69) is 64.6 Å². The zero-order valence-corrected chi connectivity index (χ0v) is 13.8. The second kappa shape index (κ2) is 6.63. The summed E-state index contributed by atoms with van der Waals surface area (Å²) in [6.45, 7) is 3.02. The third-order valence-electron chi connectivity index (χ3n) is 3.64. The van der Waals surface area contributed by atoms with Crippen LogP contribution >= 0.6 is 15.9 Å². The van der Waals surface area contributed by atoms with Gasteiger partial charge in [0, 0.05) is 17.1 Å². The van der Waals surface area contributed by atoms with Crippen LogP contribution in [0, 0.1) is 0 Å². The van der Waals surface area contributed by atoms with Crippen LogP contribution in [0.15, 0.2) is 53.0 Å². The lowest BCUT2D eigenvalue weighted by Gasteiger charge is -2.15. The largest absolute Gasteiger partial charge is 0.489 e. The van der Waals surface area contributed by atoms with Gasteiger partial charge in [0.15, 0.2) is 0 Å². The van der Waals surface area contributed by atoms with Crippen molar-refractivity contribution in [3.8, 4) is 16.9 Å². The van der Waals surface area contributed by atoms with E-state index in [1.807, 2.05) is 12.1 Å². The molecular formula is C18H20BrNO. The molecular weight excluding hydrogens is 326 g/mol. The van der Waals surface area contributed by atoms with Crippen LogP contribution in [-0.2, 0) is 0 Å². The van der Waals surface area contributed by atoms with Crippen LogP contribution in [0.1, 0.15) is 19.8 Å². The minimum Gasteiger partial charge on any atom is -0.489 e. The first-order chi connectivity index (χ1) is 10.2. The van der Waals surface area contributed by atoms with E-state index in [0.29, 0.717) is 0 Å². The molecule has 110 valence electrons. The van der Waals surface area contributed by atoms with Crippen molar-refractivity contribution < 1.29 is 4.74 Å². The van der Waals surface area contributed by atoms with Gasteiger partial charge in [0.25, 0.3) is 0 Å². The van der Waals surface area contributed by atoms with Crippen molar-refractivity contribution >= 4 is 15.9 Å². The Labute approximate surface area is 134 Å². The van der Waals surface area contributed by atoms with Gasteiger partial charge in [-0.05, 0) is 55.2 Å². The molecule has 0 aromatic heterocycles. The molecule has 2 aromatic rings. The molecule has 0 amide bonds. The summed E-state index contributed by atoms with van der Waals surface area (Å²) in [5.41, 5.74) is 2.42. The van der Waals surface area contributed by atoms with E-state index in [9.17, 15) is 0 Å². The van der Waals surface area contributed by atoms with Gasteiger partial charge in [-0.15, -0.1) is 0 Å². The molecule has 21 heavy (non-hydrogen) atoms. The van der Waals surface area contributed by atoms with Crippen molar-refractivity contribution in [2.24, 2.45) is 0 Å². The summed E-state index contributed by atoms with van der Waals surface area (Å²) in [7, 11) is 0. The molecule has 2 aromatic carbocycles. The lowest BCUT2D eigenvalue weighted by atomic mass is 10.1. The van der Waals surface area contributed by atoms with Crippen LogP contribution in [0.25, 0.3) is 11.1 Å². The molecule has 1 aliphatic rings. The monoisotopic (exact) mass is 345 g/mol. The molecule has 2 nitrogen and oxygen atoms in total. The molecule has 1 aliphatic carbocycles. The van der Waals surface area contributed by atoms with Crippen molar-refractivity contribution in [2.75, 3.05) is 6.54 Å². The van der Waals surface area contributed by atoms with E-state index in [0.717, 1.165) is 22.8 Å². The summed E-state index contributed by atoms with van der Waals surface area (Å²) in [6.07, 6.45) is 2.83. The highest BCUT2D eigenvalue weighted by molar-refractivity contribution is 9.10. The highest BCUT2D eigenvalue weighted by Crippen LogP contribution is 2.24. The topological polar surface area (TPSA) is 21.3 Å². The first-order valence-electron chi connectivity index (χ1n) is 7.47. The van der Waals surface area contributed by atoms with Crippen molar-refractivity contribution in [1.29, 1.82) is 0 Å². The molecule has 0 aliphatic heterocycles. The predicted octanol–water partition coefficient (Wildman–Crippen LogP) is 4.64. The van der Waals surface area contributed by atoms with E-state index in [1.165, 1.54) is 24.0 Å². The molecule has 0 heterocycles. The van der Waals surface area contributed by atoms with Crippen molar-refractivity contribution in [2.45, 2.75) is 31.9 Å². The number of benzene rings is 2. The average molecular weight is 346 g/mol. The van der Waals surface area contributed by atoms with Gasteiger partial charge in [-0.3, -0.25) is 0 Å². The quantitative estimate of drug-likeness (QED) is 0.823. The standard InChI is InChI=1S/C18H20BrNO/c1-13(12-20-17-8-9-17)21-18-10-4-15(5-11-18)14-2-6-16(19)7-3-14/h2-7,10-11,13,17,20H,8-9,12H2,1H3. The predicted molar refractivity (Wildman–Crippen MR) is 90.7 cm³/mol. The smallest absolute Gasteiger partial charge is 0.119 e. The second-order valence-corrected chi connectivity index (χ2v) is 6.56. The third kappa shape index (κ3) is 4.32. The van der Waals surface area contributed by atoms with Crippen molar-refractivity contribution in [3.63, 3.8) is 0 Å². The Kier molecular flexibility index (Phi) is 4.61. The van der Waals surface area contributed by atoms with E-state index < -0.39 is 0 Å². The number of hydrogen-bond donors (Lipinski definition) is 1. The van der Waals surface area contributed by atoms with Crippen LogP contribution in [0.5, 0.6) is 5.75 Å².